The summed E-state index contributed by atoms with van der Waals surface area (Å²) in [4.78, 5) is 11.7. The number of carbonyl (C=O) groups excluding carboxylic acids is 1. The quantitative estimate of drug-likeness (QED) is 0.599. The molecule has 0 spiro atoms. The van der Waals surface area contributed by atoms with Crippen molar-refractivity contribution in [3.05, 3.63) is 32.1 Å². The molecule has 1 aliphatic rings. The summed E-state index contributed by atoms with van der Waals surface area (Å²) in [5.74, 6) is -0.290. The van der Waals surface area contributed by atoms with E-state index in [0.717, 1.165) is 28.1 Å². The first-order valence-corrected chi connectivity index (χ1v) is 7.26. The van der Waals surface area contributed by atoms with Gasteiger partial charge in [-0.25, -0.2) is 4.79 Å². The third-order valence-corrected chi connectivity index (χ3v) is 4.09. The molecule has 0 heterocycles. The second kappa shape index (κ2) is 5.36. The van der Waals surface area contributed by atoms with E-state index < -0.39 is 0 Å². The molecule has 0 amide bonds. The second-order valence-electron chi connectivity index (χ2n) is 3.82. The number of fused-ring (bicyclic) bond motifs is 1. The standard InChI is InChI=1S/C13H12Br2O2/c1-17-13(16)10-6-12(15)9-5-3-2-4-8(9)11(10)7-14/h4-6H,2-3,7H2,1H3. The van der Waals surface area contributed by atoms with E-state index in [0.29, 0.717) is 10.9 Å². The van der Waals surface area contributed by atoms with Crippen LogP contribution in [0.15, 0.2) is 10.5 Å². The summed E-state index contributed by atoms with van der Waals surface area (Å²) >= 11 is 6.97. The highest BCUT2D eigenvalue weighted by Crippen LogP contribution is 2.15. The zero-order valence-corrected chi connectivity index (χ0v) is 12.6. The van der Waals surface area contributed by atoms with E-state index in [2.05, 4.69) is 44.0 Å². The molecule has 0 bridgehead atoms. The van der Waals surface area contributed by atoms with Crippen molar-refractivity contribution in [3.63, 3.8) is 0 Å². The van der Waals surface area contributed by atoms with Crippen molar-refractivity contribution in [1.29, 1.82) is 0 Å². The lowest BCUT2D eigenvalue weighted by Gasteiger charge is -2.11. The zero-order valence-electron chi connectivity index (χ0n) is 9.43. The number of hydrogen-bond donors (Lipinski definition) is 0. The van der Waals surface area contributed by atoms with Crippen LogP contribution in [0.4, 0.5) is 0 Å². The van der Waals surface area contributed by atoms with Gasteiger partial charge in [-0.1, -0.05) is 44.0 Å². The van der Waals surface area contributed by atoms with E-state index in [1.165, 1.54) is 12.3 Å². The number of carbonyl (C=O) groups is 1. The van der Waals surface area contributed by atoms with E-state index in [1.807, 2.05) is 6.07 Å². The molecule has 0 saturated heterocycles. The van der Waals surface area contributed by atoms with Crippen LogP contribution in [0.1, 0.15) is 28.8 Å². The minimum absolute atomic E-state index is 0.290. The summed E-state index contributed by atoms with van der Waals surface area (Å²) in [6, 6.07) is 1.84. The average molecular weight is 360 g/mol. The Morgan fingerprint density at radius 2 is 2.00 bits per heavy atom. The Balaban J connectivity index is 2.81. The highest BCUT2D eigenvalue weighted by molar-refractivity contribution is 9.10. The molecule has 0 fully saturated rings. The first-order valence-electron chi connectivity index (χ1n) is 5.35. The van der Waals surface area contributed by atoms with Gasteiger partial charge >= 0.3 is 5.97 Å². The fourth-order valence-electron chi connectivity index (χ4n) is 2.06. The largest absolute Gasteiger partial charge is 0.465 e. The number of benzene rings is 1. The maximum absolute atomic E-state index is 11.7. The molecule has 0 radical (unpaired) electrons. The van der Waals surface area contributed by atoms with Crippen LogP contribution < -0.4 is 10.4 Å². The molecule has 1 aliphatic carbocycles. The van der Waals surface area contributed by atoms with Gasteiger partial charge in [0.1, 0.15) is 0 Å². The van der Waals surface area contributed by atoms with Crippen molar-refractivity contribution < 1.29 is 9.53 Å². The Kier molecular flexibility index (Phi) is 4.05. The van der Waals surface area contributed by atoms with Crippen LogP contribution >= 0.6 is 31.9 Å². The van der Waals surface area contributed by atoms with Crippen LogP contribution in [0.25, 0.3) is 12.2 Å². The van der Waals surface area contributed by atoms with E-state index in [4.69, 9.17) is 4.74 Å². The number of rotatable bonds is 2. The fourth-order valence-corrected chi connectivity index (χ4v) is 3.27. The number of hydrogen-bond acceptors (Lipinski definition) is 2. The average Bonchev–Trinajstić information content (AvgIpc) is 2.38. The Morgan fingerprint density at radius 1 is 1.35 bits per heavy atom. The summed E-state index contributed by atoms with van der Waals surface area (Å²) in [5.41, 5.74) is 1.63. The Bertz CT molecular complexity index is 576. The van der Waals surface area contributed by atoms with Gasteiger partial charge in [-0.05, 0) is 34.9 Å². The molecular weight excluding hydrogens is 348 g/mol. The molecule has 0 aromatic heterocycles. The van der Waals surface area contributed by atoms with Gasteiger partial charge in [-0.15, -0.1) is 0 Å². The lowest BCUT2D eigenvalue weighted by molar-refractivity contribution is 0.0599. The first-order chi connectivity index (χ1) is 8.19. The van der Waals surface area contributed by atoms with Gasteiger partial charge in [0.25, 0.3) is 0 Å². The molecule has 1 aromatic carbocycles. The van der Waals surface area contributed by atoms with Gasteiger partial charge in [-0.2, -0.15) is 0 Å². The summed E-state index contributed by atoms with van der Waals surface area (Å²) in [6.07, 6.45) is 6.45. The monoisotopic (exact) mass is 358 g/mol. The molecule has 90 valence electrons. The van der Waals surface area contributed by atoms with E-state index in [-0.39, 0.29) is 5.97 Å². The Labute approximate surface area is 117 Å². The number of alkyl halides is 1. The lowest BCUT2D eigenvalue weighted by atomic mass is 9.99. The van der Waals surface area contributed by atoms with Crippen molar-refractivity contribution in [2.75, 3.05) is 7.11 Å². The molecule has 1 aromatic rings. The summed E-state index contributed by atoms with van der Waals surface area (Å²) < 4.78 is 5.77. The number of halogens is 2. The van der Waals surface area contributed by atoms with E-state index in [1.54, 1.807) is 0 Å². The van der Waals surface area contributed by atoms with Crippen LogP contribution in [0.3, 0.4) is 0 Å². The molecule has 0 unspecified atom stereocenters. The molecule has 0 aliphatic heterocycles. The number of ether oxygens (including phenoxy) is 1. The van der Waals surface area contributed by atoms with Gasteiger partial charge in [0, 0.05) is 9.80 Å². The van der Waals surface area contributed by atoms with E-state index >= 15 is 0 Å². The summed E-state index contributed by atoms with van der Waals surface area (Å²) in [5, 5.41) is 2.97. The number of esters is 1. The maximum atomic E-state index is 11.7. The van der Waals surface area contributed by atoms with Gasteiger partial charge in [0.05, 0.1) is 12.7 Å². The molecule has 0 atom stereocenters. The van der Waals surface area contributed by atoms with Crippen molar-refractivity contribution >= 4 is 50.0 Å². The van der Waals surface area contributed by atoms with Crippen LogP contribution in [-0.4, -0.2) is 13.1 Å². The van der Waals surface area contributed by atoms with Gasteiger partial charge < -0.3 is 4.74 Å². The molecule has 0 N–H and O–H groups in total. The van der Waals surface area contributed by atoms with E-state index in [9.17, 15) is 4.79 Å². The smallest absolute Gasteiger partial charge is 0.338 e. The lowest BCUT2D eigenvalue weighted by Crippen LogP contribution is -2.33. The highest BCUT2D eigenvalue weighted by Gasteiger charge is 2.15. The molecule has 17 heavy (non-hydrogen) atoms. The normalized spacial score (nSPS) is 13.4. The molecular formula is C13H12Br2O2. The van der Waals surface area contributed by atoms with Crippen molar-refractivity contribution in [1.82, 2.24) is 0 Å². The van der Waals surface area contributed by atoms with Crippen molar-refractivity contribution in [3.8, 4) is 0 Å². The Morgan fingerprint density at radius 3 is 2.59 bits per heavy atom. The molecule has 2 nitrogen and oxygen atoms in total. The van der Waals surface area contributed by atoms with Gasteiger partial charge in [0.15, 0.2) is 0 Å². The topological polar surface area (TPSA) is 26.3 Å². The Hall–Kier alpha value is -0.610. The minimum Gasteiger partial charge on any atom is -0.465 e. The summed E-state index contributed by atoms with van der Waals surface area (Å²) in [6.45, 7) is 0. The highest BCUT2D eigenvalue weighted by atomic mass is 79.9. The first kappa shape index (κ1) is 12.8. The third kappa shape index (κ3) is 2.33. The molecule has 2 rings (SSSR count). The third-order valence-electron chi connectivity index (χ3n) is 2.87. The fraction of sp³-hybridized carbons (Fsp3) is 0.308. The van der Waals surface area contributed by atoms with Gasteiger partial charge in [0.2, 0.25) is 0 Å². The van der Waals surface area contributed by atoms with Crippen LogP contribution in [0, 0.1) is 0 Å². The molecule has 0 saturated carbocycles. The van der Waals surface area contributed by atoms with Crippen molar-refractivity contribution in [2.45, 2.75) is 18.2 Å². The zero-order chi connectivity index (χ0) is 12.4. The van der Waals surface area contributed by atoms with Gasteiger partial charge in [-0.3, -0.25) is 0 Å². The SMILES string of the molecule is COC(=O)c1cc(Br)c2c(c1CBr)=CCCC=2. The maximum Gasteiger partial charge on any atom is 0.338 e. The summed E-state index contributed by atoms with van der Waals surface area (Å²) in [7, 11) is 1.41. The van der Waals surface area contributed by atoms with Crippen LogP contribution in [0.5, 0.6) is 0 Å². The van der Waals surface area contributed by atoms with Crippen LogP contribution in [0.2, 0.25) is 0 Å². The predicted molar refractivity (Wildman–Crippen MR) is 75.5 cm³/mol. The van der Waals surface area contributed by atoms with Crippen molar-refractivity contribution in [2.24, 2.45) is 0 Å². The molecule has 4 heteroatoms. The van der Waals surface area contributed by atoms with Crippen LogP contribution in [-0.2, 0) is 10.1 Å². The second-order valence-corrected chi connectivity index (χ2v) is 5.24. The number of methoxy groups -OCH3 is 1. The minimum atomic E-state index is -0.290. The predicted octanol–water partition coefficient (Wildman–Crippen LogP) is 2.49.